The zero-order valence-corrected chi connectivity index (χ0v) is 16.7. The van der Waals surface area contributed by atoms with Gasteiger partial charge in [0.25, 0.3) is 5.91 Å². The van der Waals surface area contributed by atoms with Crippen molar-refractivity contribution in [3.8, 4) is 0 Å². The van der Waals surface area contributed by atoms with E-state index in [2.05, 4.69) is 46.1 Å². The molecule has 5 nitrogen and oxygen atoms in total. The van der Waals surface area contributed by atoms with E-state index in [1.807, 2.05) is 47.4 Å². The molecule has 1 fully saturated rings. The lowest BCUT2D eigenvalue weighted by Crippen LogP contribution is -2.38. The van der Waals surface area contributed by atoms with Gasteiger partial charge in [-0.1, -0.05) is 55.5 Å². The molecule has 29 heavy (non-hydrogen) atoms. The van der Waals surface area contributed by atoms with Gasteiger partial charge in [0, 0.05) is 31.4 Å². The van der Waals surface area contributed by atoms with Gasteiger partial charge in [-0.05, 0) is 36.5 Å². The minimum atomic E-state index is -0.00623. The van der Waals surface area contributed by atoms with Gasteiger partial charge in [0.05, 0.1) is 0 Å². The highest BCUT2D eigenvalue weighted by molar-refractivity contribution is 5.93. The van der Waals surface area contributed by atoms with E-state index in [9.17, 15) is 4.79 Å². The second-order valence-electron chi connectivity index (χ2n) is 7.64. The molecule has 1 amide bonds. The predicted molar refractivity (Wildman–Crippen MR) is 115 cm³/mol. The summed E-state index contributed by atoms with van der Waals surface area (Å²) in [5.74, 6) is 1.40. The van der Waals surface area contributed by atoms with Crippen molar-refractivity contribution in [2.24, 2.45) is 5.92 Å². The molecule has 1 aromatic heterocycles. The zero-order valence-electron chi connectivity index (χ0n) is 16.7. The number of aromatic nitrogens is 2. The molecule has 0 unspecified atom stereocenters. The fraction of sp³-hybridized carbons (Fsp3) is 0.292. The Morgan fingerprint density at radius 1 is 1.00 bits per heavy atom. The molecule has 0 aliphatic carbocycles. The van der Waals surface area contributed by atoms with Crippen molar-refractivity contribution in [2.45, 2.75) is 26.3 Å². The summed E-state index contributed by atoms with van der Waals surface area (Å²) < 4.78 is 0. The van der Waals surface area contributed by atoms with Crippen LogP contribution in [0.15, 0.2) is 73.1 Å². The van der Waals surface area contributed by atoms with Gasteiger partial charge in [0.15, 0.2) is 0 Å². The molecule has 2 aromatic carbocycles. The Kier molecular flexibility index (Phi) is 5.84. The summed E-state index contributed by atoms with van der Waals surface area (Å²) in [6, 6.07) is 22.2. The first kappa shape index (κ1) is 19.1. The molecule has 4 rings (SSSR count). The molecule has 0 radical (unpaired) electrons. The highest BCUT2D eigenvalue weighted by atomic mass is 16.2. The zero-order chi connectivity index (χ0) is 20.1. The Morgan fingerprint density at radius 2 is 1.66 bits per heavy atom. The van der Waals surface area contributed by atoms with Gasteiger partial charge in [0.1, 0.15) is 17.8 Å². The van der Waals surface area contributed by atoms with E-state index in [1.165, 1.54) is 11.9 Å². The van der Waals surface area contributed by atoms with Crippen LogP contribution in [0, 0.1) is 5.92 Å². The Morgan fingerprint density at radius 3 is 2.34 bits per heavy atom. The molecule has 0 bridgehead atoms. The Hall–Kier alpha value is -3.21. The second kappa shape index (κ2) is 8.86. The summed E-state index contributed by atoms with van der Waals surface area (Å²) in [4.78, 5) is 25.8. The average Bonchev–Trinajstić information content (AvgIpc) is 2.79. The van der Waals surface area contributed by atoms with E-state index in [0.717, 1.165) is 37.4 Å². The van der Waals surface area contributed by atoms with Crippen LogP contribution >= 0.6 is 0 Å². The van der Waals surface area contributed by atoms with E-state index < -0.39 is 0 Å². The number of hydrogen-bond donors (Lipinski definition) is 0. The fourth-order valence-corrected chi connectivity index (χ4v) is 3.66. The Bertz CT molecular complexity index is 937. The topological polar surface area (TPSA) is 49.3 Å². The van der Waals surface area contributed by atoms with E-state index in [0.29, 0.717) is 18.2 Å². The third-order valence-corrected chi connectivity index (χ3v) is 5.47. The second-order valence-corrected chi connectivity index (χ2v) is 7.64. The maximum atomic E-state index is 13.0. The highest BCUT2D eigenvalue weighted by Crippen LogP contribution is 2.26. The van der Waals surface area contributed by atoms with Crippen LogP contribution < -0.4 is 4.90 Å². The number of rotatable bonds is 5. The largest absolute Gasteiger partial charge is 0.337 e. The summed E-state index contributed by atoms with van der Waals surface area (Å²) in [5.41, 5.74) is 2.66. The SMILES string of the molecule is CC1CCN(C(=O)c2cc(N(Cc3ccccc3)c3ccccc3)ncn2)CC1. The molecule has 0 N–H and O–H groups in total. The minimum absolute atomic E-state index is 0.00623. The number of benzene rings is 2. The molecule has 0 spiro atoms. The first-order valence-corrected chi connectivity index (χ1v) is 10.2. The van der Waals surface area contributed by atoms with Crippen molar-refractivity contribution in [3.63, 3.8) is 0 Å². The van der Waals surface area contributed by atoms with Crippen molar-refractivity contribution < 1.29 is 4.79 Å². The number of carbonyl (C=O) groups is 1. The van der Waals surface area contributed by atoms with E-state index in [1.54, 1.807) is 0 Å². The number of para-hydroxylation sites is 1. The maximum Gasteiger partial charge on any atom is 0.272 e. The number of nitrogens with zero attached hydrogens (tertiary/aromatic N) is 4. The lowest BCUT2D eigenvalue weighted by molar-refractivity contribution is 0.0691. The molecule has 1 aliphatic heterocycles. The number of anilines is 2. The van der Waals surface area contributed by atoms with Gasteiger partial charge in [-0.3, -0.25) is 4.79 Å². The van der Waals surface area contributed by atoms with Crippen LogP contribution in [0.1, 0.15) is 35.8 Å². The molecular weight excluding hydrogens is 360 g/mol. The minimum Gasteiger partial charge on any atom is -0.337 e. The van der Waals surface area contributed by atoms with Crippen LogP contribution in [-0.2, 0) is 6.54 Å². The molecule has 5 heteroatoms. The quantitative estimate of drug-likeness (QED) is 0.638. The standard InChI is InChI=1S/C24H26N4O/c1-19-12-14-27(15-13-19)24(29)22-16-23(26-18-25-22)28(21-10-6-3-7-11-21)17-20-8-4-2-5-9-20/h2-11,16,18-19H,12-15,17H2,1H3. The number of piperidine rings is 1. The predicted octanol–water partition coefficient (Wildman–Crippen LogP) is 4.69. The first-order chi connectivity index (χ1) is 14.2. The number of carbonyl (C=O) groups excluding carboxylic acids is 1. The maximum absolute atomic E-state index is 13.0. The van der Waals surface area contributed by atoms with Crippen molar-refractivity contribution in [3.05, 3.63) is 84.3 Å². The summed E-state index contributed by atoms with van der Waals surface area (Å²) in [6.07, 6.45) is 3.59. The molecule has 3 aromatic rings. The van der Waals surface area contributed by atoms with Crippen molar-refractivity contribution in [1.82, 2.24) is 14.9 Å². The van der Waals surface area contributed by atoms with Gasteiger partial charge in [-0.2, -0.15) is 0 Å². The van der Waals surface area contributed by atoms with Gasteiger partial charge in [-0.15, -0.1) is 0 Å². The average molecular weight is 386 g/mol. The number of likely N-dealkylation sites (tertiary alicyclic amines) is 1. The van der Waals surface area contributed by atoms with Gasteiger partial charge >= 0.3 is 0 Å². The van der Waals surface area contributed by atoms with Crippen LogP contribution in [-0.4, -0.2) is 33.9 Å². The van der Waals surface area contributed by atoms with Gasteiger partial charge < -0.3 is 9.80 Å². The van der Waals surface area contributed by atoms with Crippen LogP contribution in [0.4, 0.5) is 11.5 Å². The molecule has 0 atom stereocenters. The third kappa shape index (κ3) is 4.62. The lowest BCUT2D eigenvalue weighted by atomic mass is 9.99. The fourth-order valence-electron chi connectivity index (χ4n) is 3.66. The number of hydrogen-bond acceptors (Lipinski definition) is 4. The summed E-state index contributed by atoms with van der Waals surface area (Å²) in [6.45, 7) is 4.50. The van der Waals surface area contributed by atoms with Crippen LogP contribution in [0.2, 0.25) is 0 Å². The number of amides is 1. The Balaban J connectivity index is 1.63. The summed E-state index contributed by atoms with van der Waals surface area (Å²) in [7, 11) is 0. The molecular formula is C24H26N4O. The lowest BCUT2D eigenvalue weighted by Gasteiger charge is -2.30. The molecule has 0 saturated carbocycles. The van der Waals surface area contributed by atoms with Crippen LogP contribution in [0.3, 0.4) is 0 Å². The molecule has 1 saturated heterocycles. The van der Waals surface area contributed by atoms with Crippen LogP contribution in [0.25, 0.3) is 0 Å². The monoisotopic (exact) mass is 386 g/mol. The molecule has 2 heterocycles. The highest BCUT2D eigenvalue weighted by Gasteiger charge is 2.23. The van der Waals surface area contributed by atoms with E-state index in [4.69, 9.17) is 0 Å². The normalized spacial score (nSPS) is 14.6. The summed E-state index contributed by atoms with van der Waals surface area (Å²) >= 11 is 0. The first-order valence-electron chi connectivity index (χ1n) is 10.2. The van der Waals surface area contributed by atoms with E-state index in [-0.39, 0.29) is 5.91 Å². The van der Waals surface area contributed by atoms with Crippen LogP contribution in [0.5, 0.6) is 0 Å². The van der Waals surface area contributed by atoms with Gasteiger partial charge in [0.2, 0.25) is 0 Å². The van der Waals surface area contributed by atoms with Crippen molar-refractivity contribution in [2.75, 3.05) is 18.0 Å². The molecule has 148 valence electrons. The summed E-state index contributed by atoms with van der Waals surface area (Å²) in [5, 5.41) is 0. The van der Waals surface area contributed by atoms with Crippen molar-refractivity contribution >= 4 is 17.4 Å². The van der Waals surface area contributed by atoms with Crippen molar-refractivity contribution in [1.29, 1.82) is 0 Å². The third-order valence-electron chi connectivity index (χ3n) is 5.47. The van der Waals surface area contributed by atoms with E-state index >= 15 is 0 Å². The van der Waals surface area contributed by atoms with Gasteiger partial charge in [-0.25, -0.2) is 9.97 Å². The smallest absolute Gasteiger partial charge is 0.272 e. The molecule has 1 aliphatic rings. The Labute approximate surface area is 172 Å².